The first-order valence-corrected chi connectivity index (χ1v) is 30.9. The second-order valence-electron chi connectivity index (χ2n) is 18.8. The second kappa shape index (κ2) is 24.2. The van der Waals surface area contributed by atoms with E-state index < -0.39 is 67.2 Å². The quantitative estimate of drug-likeness (QED) is 0.0274. The molecule has 412 valence electrons. The van der Waals surface area contributed by atoms with Crippen molar-refractivity contribution in [3.8, 4) is 22.4 Å². The number of nitrogens with one attached hydrogen (secondary N) is 2. The number of anilines is 4. The summed E-state index contributed by atoms with van der Waals surface area (Å²) >= 11 is 7.69. The molecule has 0 radical (unpaired) electrons. The number of alkyl halides is 3. The molecule has 3 heterocycles. The van der Waals surface area contributed by atoms with E-state index in [1.807, 2.05) is 78.2 Å². The van der Waals surface area contributed by atoms with Crippen LogP contribution >= 0.6 is 31.0 Å². The van der Waals surface area contributed by atoms with E-state index in [-0.39, 0.29) is 16.9 Å². The fraction of sp³-hybridized carbons (Fsp3) is 0.340. The van der Waals surface area contributed by atoms with E-state index in [0.717, 1.165) is 34.0 Å². The minimum absolute atomic E-state index is 0.0879. The van der Waals surface area contributed by atoms with Crippen LogP contribution in [0.1, 0.15) is 42.2 Å². The zero-order valence-corrected chi connectivity index (χ0v) is 46.2. The van der Waals surface area contributed by atoms with Crippen LogP contribution in [0.5, 0.6) is 0 Å². The molecule has 2 fully saturated rings. The minimum Gasteiger partial charge on any atom is -0.449 e. The van der Waals surface area contributed by atoms with E-state index >= 15 is 0 Å². The van der Waals surface area contributed by atoms with Crippen molar-refractivity contribution in [1.29, 1.82) is 0 Å². The minimum atomic E-state index is -6.05. The molecule has 2 aliphatic heterocycles. The Bertz CT molecular complexity index is 3320. The molecule has 0 saturated carbocycles. The van der Waals surface area contributed by atoms with Crippen LogP contribution in [0.4, 0.5) is 35.9 Å². The van der Waals surface area contributed by atoms with Crippen LogP contribution in [0.2, 0.25) is 5.02 Å². The Labute approximate surface area is 455 Å². The molecule has 1 atom stereocenters. The van der Waals surface area contributed by atoms with Crippen LogP contribution in [0.25, 0.3) is 22.4 Å². The summed E-state index contributed by atoms with van der Waals surface area (Å²) in [6, 6.07) is 32.6. The smallest absolute Gasteiger partial charge is 0.449 e. The van der Waals surface area contributed by atoms with Gasteiger partial charge in [0.25, 0.3) is 19.9 Å². The van der Waals surface area contributed by atoms with Gasteiger partial charge in [-0.2, -0.15) is 13.2 Å². The van der Waals surface area contributed by atoms with E-state index in [9.17, 15) is 54.3 Å². The van der Waals surface area contributed by atoms with Crippen molar-refractivity contribution in [1.82, 2.24) is 9.47 Å². The Morgan fingerprint density at radius 1 is 0.831 bits per heavy atom. The number of esters is 1. The van der Waals surface area contributed by atoms with Gasteiger partial charge in [-0.05, 0) is 123 Å². The van der Waals surface area contributed by atoms with Gasteiger partial charge >= 0.3 is 19.1 Å². The summed E-state index contributed by atoms with van der Waals surface area (Å²) in [4.78, 5) is 38.1. The number of aromatic nitrogens is 1. The Balaban J connectivity index is 0.975. The third-order valence-corrected chi connectivity index (χ3v) is 18.3. The first-order chi connectivity index (χ1) is 36.5. The van der Waals surface area contributed by atoms with Gasteiger partial charge in [0, 0.05) is 102 Å². The lowest BCUT2D eigenvalue weighted by atomic mass is 9.96. The summed E-state index contributed by atoms with van der Waals surface area (Å²) in [5, 5.41) is 13.5. The van der Waals surface area contributed by atoms with Crippen LogP contribution in [-0.4, -0.2) is 123 Å². The molecule has 77 heavy (non-hydrogen) atoms. The number of hydrogen-bond acceptors (Lipinski definition) is 13. The summed E-state index contributed by atoms with van der Waals surface area (Å²) in [6.45, 7) is 8.13. The summed E-state index contributed by atoms with van der Waals surface area (Å²) in [5.74, 6) is -0.528. The number of rotatable bonds is 20. The Kier molecular flexibility index (Phi) is 18.1. The molecule has 5 aromatic carbocycles. The summed E-state index contributed by atoms with van der Waals surface area (Å²) in [7, 11) is -15.4. The molecule has 2 aliphatic rings. The second-order valence-corrected chi connectivity index (χ2v) is 25.5. The number of nitrogens with zero attached hydrogens (tertiary/aromatic N) is 4. The molecule has 0 spiro atoms. The maximum Gasteiger partial charge on any atom is 0.501 e. The third-order valence-electron chi connectivity index (χ3n) is 13.6. The number of aliphatic hydroxyl groups excluding tert-OH is 1. The van der Waals surface area contributed by atoms with Gasteiger partial charge in [-0.15, -0.1) is 11.8 Å². The fourth-order valence-corrected chi connectivity index (χ4v) is 13.1. The topological polar surface area (TPSA) is 211 Å². The van der Waals surface area contributed by atoms with E-state index in [1.165, 1.54) is 23.9 Å². The number of halogens is 4. The SMILES string of the molecule is CCn1c(C)c(C(=O)OCP(=O)(O)O)c(-c2cccc(N3CCN(c4ccc(NS(=O)(=O)c5ccc(N[C@H](CCN6CCC(O)CC6)CSc6ccccc6)c(S(=O)(=O)C(F)(F)F)c5)cc4)CC3)c2)c1-c1ccc(Cl)cc1. The van der Waals surface area contributed by atoms with E-state index in [0.29, 0.717) is 111 Å². The molecule has 8 rings (SSSR count). The molecular weight excluding hydrogens is 1100 g/mol. The summed E-state index contributed by atoms with van der Waals surface area (Å²) in [5.41, 5.74) is -1.06. The lowest BCUT2D eigenvalue weighted by Crippen LogP contribution is -2.46. The summed E-state index contributed by atoms with van der Waals surface area (Å²) in [6.07, 6.45) is 0.104. The third kappa shape index (κ3) is 14.0. The van der Waals surface area contributed by atoms with Crippen molar-refractivity contribution in [2.45, 2.75) is 72.0 Å². The molecule has 2 saturated heterocycles. The molecule has 0 unspecified atom stereocenters. The Morgan fingerprint density at radius 2 is 1.48 bits per heavy atom. The molecule has 0 amide bonds. The van der Waals surface area contributed by atoms with Gasteiger partial charge in [0.2, 0.25) is 0 Å². The highest BCUT2D eigenvalue weighted by Crippen LogP contribution is 2.43. The monoisotopic (exact) mass is 1160 g/mol. The highest BCUT2D eigenvalue weighted by atomic mass is 35.5. The largest absolute Gasteiger partial charge is 0.501 e. The number of aliphatic hydroxyl groups is 1. The number of likely N-dealkylation sites (tertiary alicyclic amines) is 1. The van der Waals surface area contributed by atoms with E-state index in [2.05, 4.69) is 24.7 Å². The summed E-state index contributed by atoms with van der Waals surface area (Å²) < 4.78 is 118. The van der Waals surface area contributed by atoms with Crippen molar-refractivity contribution in [3.05, 3.63) is 138 Å². The van der Waals surface area contributed by atoms with E-state index in [1.54, 1.807) is 31.2 Å². The Hall–Kier alpha value is -5.55. The number of thioether (sulfide) groups is 1. The van der Waals surface area contributed by atoms with Crippen molar-refractivity contribution in [2.75, 3.05) is 77.8 Å². The number of piperazine rings is 1. The fourth-order valence-electron chi connectivity index (χ4n) is 9.57. The molecule has 6 aromatic rings. The average molecular weight is 1160 g/mol. The van der Waals surface area contributed by atoms with Crippen LogP contribution in [0.15, 0.2) is 136 Å². The van der Waals surface area contributed by atoms with Gasteiger partial charge in [0.15, 0.2) is 6.35 Å². The van der Waals surface area contributed by atoms with Crippen LogP contribution in [0, 0.1) is 6.92 Å². The highest BCUT2D eigenvalue weighted by molar-refractivity contribution is 7.99. The number of benzene rings is 5. The average Bonchev–Trinajstić information content (AvgIpc) is 3.74. The van der Waals surface area contributed by atoms with Crippen molar-refractivity contribution < 1.29 is 59.0 Å². The number of piperidine rings is 1. The maximum atomic E-state index is 14.3. The highest BCUT2D eigenvalue weighted by Gasteiger charge is 2.48. The predicted octanol–water partition coefficient (Wildman–Crippen LogP) is 9.94. The van der Waals surface area contributed by atoms with Crippen LogP contribution in [-0.2, 0) is 35.7 Å². The van der Waals surface area contributed by atoms with Gasteiger partial charge in [-0.3, -0.25) is 9.29 Å². The molecule has 0 aliphatic carbocycles. The van der Waals surface area contributed by atoms with Gasteiger partial charge in [-0.25, -0.2) is 21.6 Å². The number of ether oxygens (including phenoxy) is 1. The lowest BCUT2D eigenvalue weighted by Gasteiger charge is -2.37. The number of carbonyl (C=O) groups is 1. The standard InChI is InChI=1S/C53H59ClF3N6O10PS3/c1-3-63-36(2)49(52(65)73-35-74(66,67)68)50(51(63)37-12-14-39(54)15-13-37)38-8-7-9-43(32-38)62-30-28-61(29-31-62)42-18-16-40(17-19-42)59-77(71,72)46-20-21-47(48(33-46)76(69,70)53(55,56)57)58-41(34-75-45-10-5-4-6-11-45)22-25-60-26-23-44(64)24-27-60/h4-21,32-33,41,44,58-59,64H,3,22-31,34-35H2,1-2H3,(H2,66,67,68)/t41-/m1/s1. The molecule has 16 nitrogen and oxygen atoms in total. The number of sulfone groups is 1. The molecule has 0 bridgehead atoms. The Morgan fingerprint density at radius 3 is 2.10 bits per heavy atom. The number of carbonyl (C=O) groups excluding carboxylic acids is 1. The van der Waals surface area contributed by atoms with Gasteiger partial charge in [-0.1, -0.05) is 54.1 Å². The maximum absolute atomic E-state index is 14.3. The van der Waals surface area contributed by atoms with Crippen LogP contribution < -0.4 is 19.8 Å². The zero-order chi connectivity index (χ0) is 55.3. The molecule has 24 heteroatoms. The molecule has 5 N–H and O–H groups in total. The first kappa shape index (κ1) is 57.6. The van der Waals surface area contributed by atoms with Gasteiger partial charge in [0.05, 0.1) is 27.9 Å². The van der Waals surface area contributed by atoms with Crippen molar-refractivity contribution in [3.63, 3.8) is 0 Å². The molecule has 1 aromatic heterocycles. The number of sulfonamides is 1. The zero-order valence-electron chi connectivity index (χ0n) is 42.1. The first-order valence-electron chi connectivity index (χ1n) is 24.8. The van der Waals surface area contributed by atoms with Crippen LogP contribution in [0.3, 0.4) is 0 Å². The lowest BCUT2D eigenvalue weighted by molar-refractivity contribution is -0.0436. The number of hydrogen-bond donors (Lipinski definition) is 5. The van der Waals surface area contributed by atoms with Crippen molar-refractivity contribution >= 4 is 79.5 Å². The predicted molar refractivity (Wildman–Crippen MR) is 295 cm³/mol. The van der Waals surface area contributed by atoms with E-state index in [4.69, 9.17) is 16.3 Å². The van der Waals surface area contributed by atoms with Gasteiger partial charge in [0.1, 0.15) is 4.90 Å². The van der Waals surface area contributed by atoms with Gasteiger partial charge < -0.3 is 44.2 Å². The van der Waals surface area contributed by atoms with Crippen molar-refractivity contribution in [2.24, 2.45) is 0 Å². The normalized spacial score (nSPS) is 15.6. The molecular formula is C53H59ClF3N6O10PS3.